The lowest BCUT2D eigenvalue weighted by Gasteiger charge is -2.11. The molecule has 0 bridgehead atoms. The van der Waals surface area contributed by atoms with Crippen molar-refractivity contribution in [3.05, 3.63) is 53.3 Å². The molecule has 1 aromatic carbocycles. The first kappa shape index (κ1) is 20.0. The Morgan fingerprint density at radius 2 is 2.00 bits per heavy atom. The predicted octanol–water partition coefficient (Wildman–Crippen LogP) is 3.84. The highest BCUT2D eigenvalue weighted by atomic mass is 19.4. The predicted molar refractivity (Wildman–Crippen MR) is 94.0 cm³/mol. The van der Waals surface area contributed by atoms with Crippen molar-refractivity contribution in [2.45, 2.75) is 37.7 Å². The van der Waals surface area contributed by atoms with Crippen LogP contribution in [0.1, 0.15) is 29.7 Å². The summed E-state index contributed by atoms with van der Waals surface area (Å²) in [6.07, 6.45) is -3.49. The van der Waals surface area contributed by atoms with E-state index in [1.54, 1.807) is 6.07 Å². The number of rotatable bonds is 5. The van der Waals surface area contributed by atoms with E-state index in [1.165, 1.54) is 18.3 Å². The molecule has 4 nitrogen and oxygen atoms in total. The second-order valence-electron chi connectivity index (χ2n) is 6.67. The van der Waals surface area contributed by atoms with Crippen molar-refractivity contribution in [2.75, 3.05) is 6.54 Å². The zero-order chi connectivity index (χ0) is 20.3. The quantitative estimate of drug-likeness (QED) is 0.787. The topological polar surface area (TPSA) is 65.8 Å². The van der Waals surface area contributed by atoms with Crippen LogP contribution in [0.2, 0.25) is 0 Å². The summed E-state index contributed by atoms with van der Waals surface area (Å²) in [6.45, 7) is 0.170. The van der Waals surface area contributed by atoms with Crippen LogP contribution in [0.5, 0.6) is 0 Å². The molecule has 3 rings (SSSR count). The van der Waals surface area contributed by atoms with Crippen LogP contribution in [0, 0.1) is 11.3 Å². The molecule has 0 spiro atoms. The maximum atomic E-state index is 13.2. The number of carbonyl (C=O) groups excluding carboxylic acids is 1. The third kappa shape index (κ3) is 4.54. The van der Waals surface area contributed by atoms with Crippen LogP contribution in [0.4, 0.5) is 17.6 Å². The number of ketones is 1. The van der Waals surface area contributed by atoms with Crippen molar-refractivity contribution in [1.29, 1.82) is 5.26 Å². The summed E-state index contributed by atoms with van der Waals surface area (Å²) in [5, 5.41) is 12.1. The number of hydrogen-bond acceptors (Lipinski definition) is 4. The van der Waals surface area contributed by atoms with Crippen molar-refractivity contribution in [3.8, 4) is 17.2 Å². The molecule has 0 unspecified atom stereocenters. The molecular weight excluding hydrogens is 374 g/mol. The van der Waals surface area contributed by atoms with Gasteiger partial charge in [0.15, 0.2) is 0 Å². The molecule has 2 atom stereocenters. The van der Waals surface area contributed by atoms with E-state index in [9.17, 15) is 27.6 Å². The fourth-order valence-corrected chi connectivity index (χ4v) is 3.17. The molecule has 1 aliphatic heterocycles. The molecule has 8 heteroatoms. The molecule has 0 radical (unpaired) electrons. The molecule has 1 N–H and O–H groups in total. The van der Waals surface area contributed by atoms with Crippen molar-refractivity contribution in [3.63, 3.8) is 0 Å². The second kappa shape index (κ2) is 8.07. The van der Waals surface area contributed by atoms with Crippen LogP contribution in [0.25, 0.3) is 11.1 Å². The first-order valence-electron chi connectivity index (χ1n) is 8.74. The summed E-state index contributed by atoms with van der Waals surface area (Å²) in [5.74, 6) is -0.109. The fourth-order valence-electron chi connectivity index (χ4n) is 3.17. The van der Waals surface area contributed by atoms with Crippen LogP contribution in [0.15, 0.2) is 36.5 Å². The zero-order valence-electron chi connectivity index (χ0n) is 14.8. The molecule has 146 valence electrons. The molecular formula is C20H17F4N3O. The van der Waals surface area contributed by atoms with Crippen molar-refractivity contribution < 1.29 is 22.4 Å². The number of pyridine rings is 1. The Balaban J connectivity index is 1.77. The minimum absolute atomic E-state index is 0.109. The van der Waals surface area contributed by atoms with Gasteiger partial charge in [-0.3, -0.25) is 9.78 Å². The number of benzene rings is 1. The smallest absolute Gasteiger partial charge is 0.304 e. The third-order valence-electron chi connectivity index (χ3n) is 4.70. The van der Waals surface area contributed by atoms with Gasteiger partial charge in [-0.25, -0.2) is 4.39 Å². The number of carbonyl (C=O) groups is 1. The van der Waals surface area contributed by atoms with Gasteiger partial charge in [0.05, 0.1) is 17.2 Å². The summed E-state index contributed by atoms with van der Waals surface area (Å²) < 4.78 is 51.4. The zero-order valence-corrected chi connectivity index (χ0v) is 14.8. The maximum absolute atomic E-state index is 13.2. The van der Waals surface area contributed by atoms with Crippen LogP contribution < -0.4 is 5.32 Å². The van der Waals surface area contributed by atoms with Gasteiger partial charge >= 0.3 is 6.18 Å². The van der Waals surface area contributed by atoms with Crippen molar-refractivity contribution in [1.82, 2.24) is 10.3 Å². The van der Waals surface area contributed by atoms with E-state index in [1.807, 2.05) is 6.07 Å². The number of hydrogen-bond donors (Lipinski definition) is 1. The van der Waals surface area contributed by atoms with Crippen LogP contribution >= 0.6 is 0 Å². The lowest BCUT2D eigenvalue weighted by Crippen LogP contribution is -2.30. The molecule has 1 saturated heterocycles. The van der Waals surface area contributed by atoms with E-state index in [2.05, 4.69) is 10.3 Å². The highest BCUT2D eigenvalue weighted by Gasteiger charge is 2.30. The Kier molecular flexibility index (Phi) is 5.75. The summed E-state index contributed by atoms with van der Waals surface area (Å²) in [6, 6.07) is 7.61. The molecule has 0 amide bonds. The van der Waals surface area contributed by atoms with Gasteiger partial charge in [-0.2, -0.15) is 18.4 Å². The normalized spacial score (nSPS) is 19.4. The minimum Gasteiger partial charge on any atom is -0.304 e. The van der Waals surface area contributed by atoms with E-state index < -0.39 is 24.0 Å². The van der Waals surface area contributed by atoms with E-state index in [4.69, 9.17) is 0 Å². The SMILES string of the molecule is N#Cc1cnc(CCC(=O)[C@@H]2C[C@@H](F)CN2)cc1-c1ccc(C(F)(F)F)cc1. The van der Waals surface area contributed by atoms with E-state index >= 15 is 0 Å². The molecule has 0 saturated carbocycles. The lowest BCUT2D eigenvalue weighted by atomic mass is 9.98. The number of nitrogens with one attached hydrogen (secondary N) is 1. The Morgan fingerprint density at radius 1 is 1.29 bits per heavy atom. The maximum Gasteiger partial charge on any atom is 0.416 e. The Morgan fingerprint density at radius 3 is 2.57 bits per heavy atom. The van der Waals surface area contributed by atoms with E-state index in [0.717, 1.165) is 12.1 Å². The Bertz CT molecular complexity index is 903. The molecule has 1 aromatic heterocycles. The number of aromatic nitrogens is 1. The largest absolute Gasteiger partial charge is 0.416 e. The van der Waals surface area contributed by atoms with E-state index in [-0.39, 0.29) is 30.7 Å². The second-order valence-corrected chi connectivity index (χ2v) is 6.67. The third-order valence-corrected chi connectivity index (χ3v) is 4.70. The number of aryl methyl sites for hydroxylation is 1. The van der Waals surface area contributed by atoms with Gasteiger partial charge in [0.1, 0.15) is 18.0 Å². The van der Waals surface area contributed by atoms with Crippen LogP contribution in [-0.2, 0) is 17.4 Å². The molecule has 0 aliphatic carbocycles. The summed E-state index contributed by atoms with van der Waals surface area (Å²) in [4.78, 5) is 16.3. The highest BCUT2D eigenvalue weighted by Crippen LogP contribution is 2.32. The average molecular weight is 391 g/mol. The fraction of sp³-hybridized carbons (Fsp3) is 0.350. The molecule has 2 aromatic rings. The first-order chi connectivity index (χ1) is 13.3. The molecule has 1 aliphatic rings. The standard InChI is InChI=1S/C20H17F4N3O/c21-15-7-18(27-11-15)19(28)6-5-16-8-17(13(9-25)10-26-16)12-1-3-14(4-2-12)20(22,23)24/h1-4,8,10,15,18,27H,5-7,11H2/t15-,18+/m1/s1. The van der Waals surface area contributed by atoms with Crippen molar-refractivity contribution >= 4 is 5.78 Å². The van der Waals surface area contributed by atoms with E-state index in [0.29, 0.717) is 23.2 Å². The highest BCUT2D eigenvalue weighted by molar-refractivity contribution is 5.84. The average Bonchev–Trinajstić information content (AvgIpc) is 3.12. The van der Waals surface area contributed by atoms with Gasteiger partial charge in [-0.1, -0.05) is 12.1 Å². The molecule has 28 heavy (non-hydrogen) atoms. The molecule has 1 fully saturated rings. The van der Waals surface area contributed by atoms with Gasteiger partial charge in [-0.05, 0) is 30.2 Å². The summed E-state index contributed by atoms with van der Waals surface area (Å²) in [7, 11) is 0. The summed E-state index contributed by atoms with van der Waals surface area (Å²) in [5.41, 5.74) is 0.906. The number of alkyl halides is 4. The van der Waals surface area contributed by atoms with Crippen LogP contribution in [-0.4, -0.2) is 29.5 Å². The first-order valence-corrected chi connectivity index (χ1v) is 8.74. The Labute approximate surface area is 159 Å². The number of Topliss-reactive ketones (excluding diaryl/α,β-unsaturated/α-hetero) is 1. The lowest BCUT2D eigenvalue weighted by molar-refractivity contribution is -0.137. The number of halogens is 4. The van der Waals surface area contributed by atoms with Crippen LogP contribution in [0.3, 0.4) is 0 Å². The van der Waals surface area contributed by atoms with Gasteiger partial charge in [-0.15, -0.1) is 0 Å². The summed E-state index contributed by atoms with van der Waals surface area (Å²) >= 11 is 0. The van der Waals surface area contributed by atoms with Gasteiger partial charge in [0.2, 0.25) is 0 Å². The van der Waals surface area contributed by atoms with Gasteiger partial charge in [0.25, 0.3) is 0 Å². The van der Waals surface area contributed by atoms with Gasteiger partial charge in [0, 0.05) is 36.8 Å². The minimum atomic E-state index is -4.44. The van der Waals surface area contributed by atoms with Crippen molar-refractivity contribution in [2.24, 2.45) is 0 Å². The monoisotopic (exact) mass is 391 g/mol. The number of nitrogens with zero attached hydrogens (tertiary/aromatic N) is 2. The molecule has 2 heterocycles. The van der Waals surface area contributed by atoms with Gasteiger partial charge < -0.3 is 5.32 Å². The number of nitriles is 1. The Hall–Kier alpha value is -2.79.